The summed E-state index contributed by atoms with van der Waals surface area (Å²) in [6, 6.07) is 1.80. The van der Waals surface area contributed by atoms with Gasteiger partial charge in [0.15, 0.2) is 0 Å². The Morgan fingerprint density at radius 2 is 2.15 bits per heavy atom. The lowest BCUT2D eigenvalue weighted by molar-refractivity contribution is 0.100. The monoisotopic (exact) mass is 192 g/mol. The van der Waals surface area contributed by atoms with Gasteiger partial charge in [-0.1, -0.05) is 0 Å². The first-order valence-corrected chi connectivity index (χ1v) is 4.62. The van der Waals surface area contributed by atoms with Crippen molar-refractivity contribution in [2.24, 2.45) is 5.73 Å². The molecule has 1 aliphatic heterocycles. The Morgan fingerprint density at radius 3 is 2.92 bits per heavy atom. The highest BCUT2D eigenvalue weighted by molar-refractivity contribution is 7.15. The normalized spacial score (nSPS) is 13.2. The second-order valence-corrected chi connectivity index (χ2v) is 3.71. The molecule has 0 aromatic carbocycles. The van der Waals surface area contributed by atoms with Gasteiger partial charge in [-0.05, 0) is 23.8 Å². The lowest BCUT2D eigenvalue weighted by Crippen LogP contribution is -2.08. The fourth-order valence-electron chi connectivity index (χ4n) is 1.12. The molecule has 0 radical (unpaired) electrons. The SMILES string of the molecule is NC(=O)c1cc2c(s1)C=CNC=C2. The lowest BCUT2D eigenvalue weighted by Gasteiger charge is -1.84. The molecule has 1 aromatic heterocycles. The number of fused-ring (bicyclic) bond motifs is 1. The van der Waals surface area contributed by atoms with Crippen molar-refractivity contribution in [2.45, 2.75) is 0 Å². The average Bonchev–Trinajstić information content (AvgIpc) is 2.38. The molecule has 2 rings (SSSR count). The van der Waals surface area contributed by atoms with Gasteiger partial charge >= 0.3 is 0 Å². The quantitative estimate of drug-likeness (QED) is 0.706. The lowest BCUT2D eigenvalue weighted by atomic mass is 10.2. The van der Waals surface area contributed by atoms with E-state index in [0.717, 1.165) is 10.4 Å². The van der Waals surface area contributed by atoms with E-state index in [4.69, 9.17) is 5.73 Å². The third kappa shape index (κ3) is 1.48. The van der Waals surface area contributed by atoms with Crippen LogP contribution in [0.2, 0.25) is 0 Å². The zero-order valence-electron chi connectivity index (χ0n) is 6.78. The number of nitrogens with two attached hydrogens (primary N) is 1. The minimum Gasteiger partial charge on any atom is -0.368 e. The van der Waals surface area contributed by atoms with Gasteiger partial charge in [0, 0.05) is 17.3 Å². The molecule has 0 aliphatic carbocycles. The second-order valence-electron chi connectivity index (χ2n) is 2.63. The predicted octanol–water partition coefficient (Wildman–Crippen LogP) is 1.39. The number of hydrogen-bond donors (Lipinski definition) is 2. The van der Waals surface area contributed by atoms with E-state index >= 15 is 0 Å². The Hall–Kier alpha value is -1.55. The van der Waals surface area contributed by atoms with E-state index in [9.17, 15) is 4.79 Å². The van der Waals surface area contributed by atoms with Gasteiger partial charge in [0.1, 0.15) is 0 Å². The van der Waals surface area contributed by atoms with Crippen LogP contribution in [0.5, 0.6) is 0 Å². The number of nitrogens with one attached hydrogen (secondary N) is 1. The molecule has 66 valence electrons. The molecule has 0 atom stereocenters. The van der Waals surface area contributed by atoms with Crippen LogP contribution in [0, 0.1) is 0 Å². The van der Waals surface area contributed by atoms with Crippen LogP contribution in [0.25, 0.3) is 12.2 Å². The first-order chi connectivity index (χ1) is 6.27. The summed E-state index contributed by atoms with van der Waals surface area (Å²) in [5.41, 5.74) is 6.20. The van der Waals surface area contributed by atoms with Gasteiger partial charge in [0.2, 0.25) is 0 Å². The fourth-order valence-corrected chi connectivity index (χ4v) is 2.02. The van der Waals surface area contributed by atoms with Crippen molar-refractivity contribution in [3.63, 3.8) is 0 Å². The summed E-state index contributed by atoms with van der Waals surface area (Å²) in [4.78, 5) is 12.5. The number of carbonyl (C=O) groups is 1. The molecule has 0 bridgehead atoms. The van der Waals surface area contributed by atoms with E-state index in [1.54, 1.807) is 6.07 Å². The van der Waals surface area contributed by atoms with Crippen LogP contribution < -0.4 is 11.1 Å². The minimum atomic E-state index is -0.368. The number of amides is 1. The molecule has 0 saturated heterocycles. The summed E-state index contributed by atoms with van der Waals surface area (Å²) in [6.07, 6.45) is 7.48. The maximum atomic E-state index is 10.9. The highest BCUT2D eigenvalue weighted by Gasteiger charge is 2.09. The Labute approximate surface area is 79.6 Å². The molecule has 0 saturated carbocycles. The number of thiophene rings is 1. The van der Waals surface area contributed by atoms with Crippen molar-refractivity contribution < 1.29 is 4.79 Å². The Kier molecular flexibility index (Phi) is 1.90. The van der Waals surface area contributed by atoms with Gasteiger partial charge in [0.05, 0.1) is 4.88 Å². The molecule has 4 heteroatoms. The third-order valence-corrected chi connectivity index (χ3v) is 2.85. The van der Waals surface area contributed by atoms with Crippen molar-refractivity contribution >= 4 is 29.4 Å². The standard InChI is InChI=1S/C9H8N2OS/c10-9(12)8-5-6-1-3-11-4-2-7(6)13-8/h1-5,11H,(H2,10,12). The van der Waals surface area contributed by atoms with Crippen molar-refractivity contribution in [3.05, 3.63) is 33.8 Å². The van der Waals surface area contributed by atoms with Crippen LogP contribution in [0.3, 0.4) is 0 Å². The van der Waals surface area contributed by atoms with Crippen LogP contribution in [-0.2, 0) is 0 Å². The maximum absolute atomic E-state index is 10.9. The zero-order chi connectivity index (χ0) is 9.26. The number of hydrogen-bond acceptors (Lipinski definition) is 3. The first kappa shape index (κ1) is 8.07. The van der Waals surface area contributed by atoms with Gasteiger partial charge in [0.25, 0.3) is 5.91 Å². The number of carbonyl (C=O) groups excluding carboxylic acids is 1. The van der Waals surface area contributed by atoms with Crippen LogP contribution in [0.15, 0.2) is 18.5 Å². The molecule has 0 spiro atoms. The molecule has 1 aliphatic rings. The highest BCUT2D eigenvalue weighted by Crippen LogP contribution is 2.25. The Bertz CT molecular complexity index is 374. The van der Waals surface area contributed by atoms with E-state index in [2.05, 4.69) is 5.32 Å². The van der Waals surface area contributed by atoms with Crippen LogP contribution in [-0.4, -0.2) is 5.91 Å². The maximum Gasteiger partial charge on any atom is 0.258 e. The number of rotatable bonds is 1. The van der Waals surface area contributed by atoms with E-state index in [0.29, 0.717) is 4.88 Å². The molecule has 0 fully saturated rings. The fraction of sp³-hybridized carbons (Fsp3) is 0. The predicted molar refractivity (Wildman–Crippen MR) is 54.0 cm³/mol. The third-order valence-electron chi connectivity index (χ3n) is 1.72. The van der Waals surface area contributed by atoms with E-state index in [1.165, 1.54) is 11.3 Å². The first-order valence-electron chi connectivity index (χ1n) is 3.80. The van der Waals surface area contributed by atoms with E-state index in [1.807, 2.05) is 24.6 Å². The molecular weight excluding hydrogens is 184 g/mol. The number of primary amides is 1. The van der Waals surface area contributed by atoms with Crippen molar-refractivity contribution in [3.8, 4) is 0 Å². The van der Waals surface area contributed by atoms with Gasteiger partial charge in [-0.3, -0.25) is 4.79 Å². The minimum absolute atomic E-state index is 0.368. The van der Waals surface area contributed by atoms with Crippen molar-refractivity contribution in [1.82, 2.24) is 5.32 Å². The molecule has 0 unspecified atom stereocenters. The molecule has 3 N–H and O–H groups in total. The average molecular weight is 192 g/mol. The van der Waals surface area contributed by atoms with Gasteiger partial charge < -0.3 is 11.1 Å². The van der Waals surface area contributed by atoms with Crippen LogP contribution in [0.1, 0.15) is 20.1 Å². The summed E-state index contributed by atoms with van der Waals surface area (Å²) < 4.78 is 0. The molecule has 1 aromatic rings. The molecular formula is C9H8N2OS. The molecule has 13 heavy (non-hydrogen) atoms. The summed E-state index contributed by atoms with van der Waals surface area (Å²) in [5.74, 6) is -0.368. The Balaban J connectivity index is 2.50. The van der Waals surface area contributed by atoms with Crippen molar-refractivity contribution in [1.29, 1.82) is 0 Å². The summed E-state index contributed by atoms with van der Waals surface area (Å²) in [5, 5.41) is 2.96. The smallest absolute Gasteiger partial charge is 0.258 e. The van der Waals surface area contributed by atoms with Gasteiger partial charge in [-0.15, -0.1) is 11.3 Å². The second kappa shape index (κ2) is 3.06. The topological polar surface area (TPSA) is 55.1 Å². The van der Waals surface area contributed by atoms with Gasteiger partial charge in [-0.2, -0.15) is 0 Å². The molecule has 2 heterocycles. The largest absolute Gasteiger partial charge is 0.368 e. The molecule has 1 amide bonds. The summed E-state index contributed by atoms with van der Waals surface area (Å²) in [7, 11) is 0. The van der Waals surface area contributed by atoms with Gasteiger partial charge in [-0.25, -0.2) is 0 Å². The van der Waals surface area contributed by atoms with Crippen molar-refractivity contribution in [2.75, 3.05) is 0 Å². The van der Waals surface area contributed by atoms with E-state index in [-0.39, 0.29) is 5.91 Å². The van der Waals surface area contributed by atoms with Crippen LogP contribution in [0.4, 0.5) is 0 Å². The summed E-state index contributed by atoms with van der Waals surface area (Å²) in [6.45, 7) is 0. The van der Waals surface area contributed by atoms with E-state index < -0.39 is 0 Å². The van der Waals surface area contributed by atoms with Crippen LogP contribution >= 0.6 is 11.3 Å². The summed E-state index contributed by atoms with van der Waals surface area (Å²) >= 11 is 1.40. The molecule has 3 nitrogen and oxygen atoms in total. The zero-order valence-corrected chi connectivity index (χ0v) is 7.60. The Morgan fingerprint density at radius 1 is 1.38 bits per heavy atom. The highest BCUT2D eigenvalue weighted by atomic mass is 32.1.